The molecule has 3 rings (SSSR count). The minimum Gasteiger partial charge on any atom is -0.467 e. The van der Waals surface area contributed by atoms with Crippen molar-refractivity contribution in [1.82, 2.24) is 15.2 Å². The average Bonchev–Trinajstić information content (AvgIpc) is 3.11. The topological polar surface area (TPSA) is 78.7 Å². The molecule has 0 atom stereocenters. The number of thioether (sulfide) groups is 1. The highest BCUT2D eigenvalue weighted by Crippen LogP contribution is 2.32. The van der Waals surface area contributed by atoms with Crippen LogP contribution in [0.2, 0.25) is 0 Å². The first-order valence-corrected chi connectivity index (χ1v) is 8.53. The van der Waals surface area contributed by atoms with E-state index in [1.165, 1.54) is 4.90 Å². The number of rotatable bonds is 4. The van der Waals surface area contributed by atoms with E-state index in [9.17, 15) is 9.59 Å². The van der Waals surface area contributed by atoms with Crippen molar-refractivity contribution >= 4 is 29.4 Å². The van der Waals surface area contributed by atoms with Crippen LogP contribution in [0.5, 0.6) is 0 Å². The molecule has 0 aromatic carbocycles. The summed E-state index contributed by atoms with van der Waals surface area (Å²) in [5.41, 5.74) is 0.780. The fraction of sp³-hybridized carbons (Fsp3) is 0.312. The van der Waals surface area contributed by atoms with Gasteiger partial charge in [0.05, 0.1) is 25.0 Å². The predicted octanol–water partition coefficient (Wildman–Crippen LogP) is 1.95. The molecule has 126 valence electrons. The molecule has 2 aromatic rings. The number of anilines is 1. The van der Waals surface area contributed by atoms with Crippen LogP contribution >= 0.6 is 11.8 Å². The first-order chi connectivity index (χ1) is 11.6. The van der Waals surface area contributed by atoms with Gasteiger partial charge in [0, 0.05) is 25.5 Å². The van der Waals surface area contributed by atoms with E-state index in [2.05, 4.69) is 10.3 Å². The molecule has 0 fully saturated rings. The number of carbonyl (C=O) groups is 2. The summed E-state index contributed by atoms with van der Waals surface area (Å²) in [5, 5.41) is 3.52. The lowest BCUT2D eigenvalue weighted by Crippen LogP contribution is -2.46. The molecular formula is C16H18N4O3S. The van der Waals surface area contributed by atoms with Gasteiger partial charge in [0.15, 0.2) is 0 Å². The van der Waals surface area contributed by atoms with Crippen molar-refractivity contribution in [3.8, 4) is 0 Å². The Morgan fingerprint density at radius 1 is 1.42 bits per heavy atom. The number of nitrogens with one attached hydrogen (secondary N) is 1. The standard InChI is InChI=1S/C16H18N4O3S/c1-19(11-12-4-3-8-23-12)14(21)10-18-16(22)20-7-9-24-15-13(20)5-2-6-17-15/h2-6,8H,7,9-11H2,1H3,(H,18,22). The smallest absolute Gasteiger partial charge is 0.322 e. The second-order valence-electron chi connectivity index (χ2n) is 5.32. The molecule has 1 aliphatic rings. The zero-order chi connectivity index (χ0) is 16.9. The van der Waals surface area contributed by atoms with Crippen LogP contribution in [0.3, 0.4) is 0 Å². The minimum absolute atomic E-state index is 0.0602. The Morgan fingerprint density at radius 2 is 2.29 bits per heavy atom. The Kier molecular flexibility index (Phi) is 5.05. The van der Waals surface area contributed by atoms with Crippen LogP contribution in [0.25, 0.3) is 0 Å². The van der Waals surface area contributed by atoms with Gasteiger partial charge in [-0.1, -0.05) is 0 Å². The van der Waals surface area contributed by atoms with Gasteiger partial charge in [-0.25, -0.2) is 9.78 Å². The van der Waals surface area contributed by atoms with Gasteiger partial charge in [-0.05, 0) is 24.3 Å². The van der Waals surface area contributed by atoms with E-state index < -0.39 is 0 Å². The summed E-state index contributed by atoms with van der Waals surface area (Å²) in [6.45, 7) is 0.899. The highest BCUT2D eigenvalue weighted by Gasteiger charge is 2.24. The molecule has 8 heteroatoms. The van der Waals surface area contributed by atoms with Crippen LogP contribution < -0.4 is 10.2 Å². The molecule has 0 saturated carbocycles. The quantitative estimate of drug-likeness (QED) is 0.915. The van der Waals surface area contributed by atoms with Gasteiger partial charge < -0.3 is 14.6 Å². The Labute approximate surface area is 144 Å². The molecule has 0 spiro atoms. The third kappa shape index (κ3) is 3.70. The summed E-state index contributed by atoms with van der Waals surface area (Å²) in [4.78, 5) is 31.9. The van der Waals surface area contributed by atoms with Crippen molar-refractivity contribution in [2.24, 2.45) is 0 Å². The SMILES string of the molecule is CN(Cc1ccco1)C(=O)CNC(=O)N1CCSc2ncccc21. The van der Waals surface area contributed by atoms with Crippen LogP contribution in [-0.2, 0) is 11.3 Å². The van der Waals surface area contributed by atoms with Gasteiger partial charge >= 0.3 is 6.03 Å². The van der Waals surface area contributed by atoms with E-state index in [-0.39, 0.29) is 18.5 Å². The Hall–Kier alpha value is -2.48. The van der Waals surface area contributed by atoms with Gasteiger partial charge in [0.25, 0.3) is 0 Å². The number of carbonyl (C=O) groups excluding carboxylic acids is 2. The number of aromatic nitrogens is 1. The maximum Gasteiger partial charge on any atom is 0.322 e. The first kappa shape index (κ1) is 16.4. The van der Waals surface area contributed by atoms with E-state index in [1.54, 1.807) is 54.4 Å². The molecule has 0 bridgehead atoms. The number of amides is 3. The van der Waals surface area contributed by atoms with Gasteiger partial charge in [0.2, 0.25) is 5.91 Å². The summed E-state index contributed by atoms with van der Waals surface area (Å²) < 4.78 is 5.22. The lowest BCUT2D eigenvalue weighted by molar-refractivity contribution is -0.129. The third-order valence-corrected chi connectivity index (χ3v) is 4.61. The van der Waals surface area contributed by atoms with Crippen molar-refractivity contribution in [3.05, 3.63) is 42.5 Å². The first-order valence-electron chi connectivity index (χ1n) is 7.54. The second-order valence-corrected chi connectivity index (χ2v) is 6.40. The number of hydrogen-bond donors (Lipinski definition) is 1. The minimum atomic E-state index is -0.288. The molecule has 0 unspecified atom stereocenters. The molecule has 3 heterocycles. The summed E-state index contributed by atoms with van der Waals surface area (Å²) in [7, 11) is 1.67. The number of pyridine rings is 1. The van der Waals surface area contributed by atoms with Crippen LogP contribution in [0.1, 0.15) is 5.76 Å². The average molecular weight is 346 g/mol. The lowest BCUT2D eigenvalue weighted by Gasteiger charge is -2.28. The molecule has 7 nitrogen and oxygen atoms in total. The van der Waals surface area contributed by atoms with Gasteiger partial charge in [-0.2, -0.15) is 0 Å². The van der Waals surface area contributed by atoms with E-state index >= 15 is 0 Å². The van der Waals surface area contributed by atoms with E-state index in [0.29, 0.717) is 18.8 Å². The molecule has 0 saturated heterocycles. The fourth-order valence-corrected chi connectivity index (χ4v) is 3.30. The van der Waals surface area contributed by atoms with Crippen LogP contribution in [-0.4, -0.2) is 47.7 Å². The number of fused-ring (bicyclic) bond motifs is 1. The normalized spacial score (nSPS) is 13.3. The Bertz CT molecular complexity index is 720. The van der Waals surface area contributed by atoms with Crippen molar-refractivity contribution in [1.29, 1.82) is 0 Å². The van der Waals surface area contributed by atoms with Crippen molar-refractivity contribution in [2.75, 3.05) is 30.8 Å². The van der Waals surface area contributed by atoms with Crippen LogP contribution in [0.15, 0.2) is 46.2 Å². The van der Waals surface area contributed by atoms with Crippen molar-refractivity contribution in [3.63, 3.8) is 0 Å². The number of urea groups is 1. The summed E-state index contributed by atoms with van der Waals surface area (Å²) >= 11 is 1.62. The van der Waals surface area contributed by atoms with Crippen molar-refractivity contribution < 1.29 is 14.0 Å². The second kappa shape index (κ2) is 7.39. The maximum absolute atomic E-state index is 12.4. The Balaban J connectivity index is 1.55. The summed E-state index contributed by atoms with van der Waals surface area (Å²) in [6.07, 6.45) is 3.27. The molecule has 2 aromatic heterocycles. The zero-order valence-electron chi connectivity index (χ0n) is 13.3. The molecule has 0 aliphatic carbocycles. The summed E-state index contributed by atoms with van der Waals surface area (Å²) in [6, 6.07) is 6.95. The van der Waals surface area contributed by atoms with Crippen LogP contribution in [0.4, 0.5) is 10.5 Å². The molecule has 24 heavy (non-hydrogen) atoms. The predicted molar refractivity (Wildman–Crippen MR) is 90.9 cm³/mol. The lowest BCUT2D eigenvalue weighted by atomic mass is 10.3. The molecule has 0 radical (unpaired) electrons. The number of nitrogens with zero attached hydrogens (tertiary/aromatic N) is 3. The number of furan rings is 1. The molecule has 1 aliphatic heterocycles. The molecule has 3 amide bonds. The van der Waals surface area contributed by atoms with E-state index in [0.717, 1.165) is 16.5 Å². The van der Waals surface area contributed by atoms with Gasteiger partial charge in [0.1, 0.15) is 10.8 Å². The van der Waals surface area contributed by atoms with Gasteiger partial charge in [-0.15, -0.1) is 11.8 Å². The highest BCUT2D eigenvalue weighted by molar-refractivity contribution is 7.99. The fourth-order valence-electron chi connectivity index (χ4n) is 2.37. The monoisotopic (exact) mass is 346 g/mol. The largest absolute Gasteiger partial charge is 0.467 e. The summed E-state index contributed by atoms with van der Waals surface area (Å²) in [5.74, 6) is 1.30. The maximum atomic E-state index is 12.4. The molecule has 1 N–H and O–H groups in total. The Morgan fingerprint density at radius 3 is 3.08 bits per heavy atom. The number of hydrogen-bond acceptors (Lipinski definition) is 5. The van der Waals surface area contributed by atoms with Gasteiger partial charge in [-0.3, -0.25) is 9.69 Å². The van der Waals surface area contributed by atoms with Crippen molar-refractivity contribution in [2.45, 2.75) is 11.6 Å². The third-order valence-electron chi connectivity index (χ3n) is 3.63. The van der Waals surface area contributed by atoms with E-state index in [1.807, 2.05) is 6.07 Å². The van der Waals surface area contributed by atoms with Crippen LogP contribution in [0, 0.1) is 0 Å². The highest BCUT2D eigenvalue weighted by atomic mass is 32.2. The zero-order valence-corrected chi connectivity index (χ0v) is 14.1. The van der Waals surface area contributed by atoms with E-state index in [4.69, 9.17) is 4.42 Å². The number of likely N-dealkylation sites (N-methyl/N-ethyl adjacent to an activating group) is 1. The molecular weight excluding hydrogens is 328 g/mol.